The largest absolute Gasteiger partial charge is 0.348 e. The number of rotatable bonds is 8. The molecule has 2 aromatic heterocycles. The lowest BCUT2D eigenvalue weighted by atomic mass is 9.99. The fourth-order valence-corrected chi connectivity index (χ4v) is 4.96. The van der Waals surface area contributed by atoms with Crippen LogP contribution in [-0.4, -0.2) is 30.3 Å². The molecule has 2 heterocycles. The molecule has 9 nitrogen and oxygen atoms in total. The third-order valence-corrected chi connectivity index (χ3v) is 7.59. The zero-order valence-electron chi connectivity index (χ0n) is 21.0. The predicted molar refractivity (Wildman–Crippen MR) is 144 cm³/mol. The molecule has 1 amide bonds. The highest BCUT2D eigenvalue weighted by Crippen LogP contribution is 2.27. The number of hydrogen-bond acceptors (Lipinski definition) is 5. The van der Waals surface area contributed by atoms with E-state index in [1.165, 1.54) is 36.5 Å². The highest BCUT2D eigenvalue weighted by Gasteiger charge is 2.22. The molecule has 0 saturated carbocycles. The Labute approximate surface area is 223 Å². The van der Waals surface area contributed by atoms with Gasteiger partial charge in [0.25, 0.3) is 12.3 Å². The molecule has 0 aliphatic heterocycles. The van der Waals surface area contributed by atoms with Gasteiger partial charge in [-0.05, 0) is 42.1 Å². The molecule has 4 aromatic rings. The highest BCUT2D eigenvalue weighted by atomic mass is 32.2. The van der Waals surface area contributed by atoms with Crippen molar-refractivity contribution in [1.82, 2.24) is 24.4 Å². The second kappa shape index (κ2) is 10.9. The number of amides is 1. The van der Waals surface area contributed by atoms with Gasteiger partial charge in [0.1, 0.15) is 11.4 Å². The van der Waals surface area contributed by atoms with Crippen LogP contribution in [0.1, 0.15) is 33.6 Å². The molecule has 2 aromatic carbocycles. The molecule has 4 rings (SSSR count). The molecule has 12 heteroatoms. The van der Waals surface area contributed by atoms with Gasteiger partial charge in [0.05, 0.1) is 20.8 Å². The van der Waals surface area contributed by atoms with E-state index in [1.54, 1.807) is 59.9 Å². The standard InChI is InChI=1S/C27H24F2N6O3S/c1-17-24(19-5-4-6-20(13-19)26(28)29)25(36)22(15-35(17)23-11-12-32-34(23)2)27(37)31-14-18-7-9-21(10-8-18)39(3,38)33-16-30/h4-13,15,26H,3,14H2,1-2H3,(H,31,37)(H,33,38). The Morgan fingerprint density at radius 2 is 1.92 bits per heavy atom. The normalized spacial score (nSPS) is 12.5. The van der Waals surface area contributed by atoms with Crippen molar-refractivity contribution in [3.8, 4) is 23.1 Å². The molecule has 2 N–H and O–H groups in total. The Morgan fingerprint density at radius 1 is 1.21 bits per heavy atom. The number of nitriles is 1. The van der Waals surface area contributed by atoms with Gasteiger partial charge in [0.15, 0.2) is 6.19 Å². The van der Waals surface area contributed by atoms with Crippen molar-refractivity contribution in [2.24, 2.45) is 7.05 Å². The van der Waals surface area contributed by atoms with Crippen LogP contribution in [0.3, 0.4) is 0 Å². The average molecular weight is 551 g/mol. The lowest BCUT2D eigenvalue weighted by Gasteiger charge is -2.17. The Bertz CT molecular complexity index is 1750. The Hall–Kier alpha value is -4.76. The molecule has 0 fully saturated rings. The van der Waals surface area contributed by atoms with Crippen molar-refractivity contribution >= 4 is 21.5 Å². The van der Waals surface area contributed by atoms with Crippen LogP contribution in [-0.2, 0) is 23.3 Å². The third-order valence-electron chi connectivity index (χ3n) is 6.13. The topological polar surface area (TPSA) is 122 Å². The van der Waals surface area contributed by atoms with Crippen molar-refractivity contribution in [2.45, 2.75) is 24.8 Å². The van der Waals surface area contributed by atoms with Crippen LogP contribution in [0.2, 0.25) is 0 Å². The summed E-state index contributed by atoms with van der Waals surface area (Å²) in [5.74, 6) is 3.41. The Balaban J connectivity index is 1.73. The molecule has 1 unspecified atom stereocenters. The van der Waals surface area contributed by atoms with E-state index in [9.17, 15) is 22.6 Å². The van der Waals surface area contributed by atoms with Crippen LogP contribution in [0.25, 0.3) is 16.9 Å². The highest BCUT2D eigenvalue weighted by molar-refractivity contribution is 7.98. The number of aromatic nitrogens is 3. The molecule has 1 atom stereocenters. The van der Waals surface area contributed by atoms with E-state index >= 15 is 0 Å². The van der Waals surface area contributed by atoms with E-state index in [2.05, 4.69) is 21.0 Å². The lowest BCUT2D eigenvalue weighted by molar-refractivity contribution is 0.0949. The first-order valence-electron chi connectivity index (χ1n) is 11.6. The summed E-state index contributed by atoms with van der Waals surface area (Å²) in [7, 11) is -1.28. The Kier molecular flexibility index (Phi) is 7.64. The van der Waals surface area contributed by atoms with E-state index in [0.29, 0.717) is 22.0 Å². The molecule has 0 aliphatic rings. The van der Waals surface area contributed by atoms with Gasteiger partial charge in [-0.1, -0.05) is 30.3 Å². The van der Waals surface area contributed by atoms with Crippen LogP contribution < -0.4 is 15.5 Å². The number of halogens is 2. The molecular formula is C27H24F2N6O3S. The monoisotopic (exact) mass is 550 g/mol. The molecule has 200 valence electrons. The molecule has 0 bridgehead atoms. The molecular weight excluding hydrogens is 526 g/mol. The lowest BCUT2D eigenvalue weighted by Crippen LogP contribution is -2.31. The van der Waals surface area contributed by atoms with Crippen LogP contribution in [0.15, 0.2) is 76.7 Å². The van der Waals surface area contributed by atoms with E-state index < -0.39 is 27.5 Å². The fraction of sp³-hybridized carbons (Fsp3) is 0.148. The molecule has 0 spiro atoms. The summed E-state index contributed by atoms with van der Waals surface area (Å²) in [5.41, 5.74) is 0.436. The van der Waals surface area contributed by atoms with E-state index in [4.69, 9.17) is 5.26 Å². The zero-order valence-corrected chi connectivity index (χ0v) is 21.8. The van der Waals surface area contributed by atoms with Gasteiger partial charge in [-0.3, -0.25) is 14.3 Å². The number of nitrogens with one attached hydrogen (secondary N) is 2. The number of carbonyl (C=O) groups is 1. The number of carbonyl (C=O) groups excluding carboxylic acids is 1. The number of alkyl halides is 2. The van der Waals surface area contributed by atoms with Gasteiger partial charge < -0.3 is 9.88 Å². The molecule has 0 saturated heterocycles. The van der Waals surface area contributed by atoms with Crippen molar-refractivity contribution in [3.05, 3.63) is 99.6 Å². The number of aryl methyl sites for hydroxylation is 1. The summed E-state index contributed by atoms with van der Waals surface area (Å²) in [6.45, 7) is 1.71. The molecule has 0 radical (unpaired) electrons. The van der Waals surface area contributed by atoms with Gasteiger partial charge in [-0.2, -0.15) is 10.4 Å². The maximum atomic E-state index is 13.6. The van der Waals surface area contributed by atoms with E-state index in [0.717, 1.165) is 0 Å². The van der Waals surface area contributed by atoms with Crippen molar-refractivity contribution in [1.29, 1.82) is 5.26 Å². The number of benzene rings is 2. The Morgan fingerprint density at radius 3 is 2.54 bits per heavy atom. The second-order valence-corrected chi connectivity index (χ2v) is 10.7. The number of nitrogens with zero attached hydrogens (tertiary/aromatic N) is 4. The number of pyridine rings is 1. The van der Waals surface area contributed by atoms with E-state index in [-0.39, 0.29) is 28.8 Å². The summed E-state index contributed by atoms with van der Waals surface area (Å²) >= 11 is 0. The number of hydrogen-bond donors (Lipinski definition) is 2. The third kappa shape index (κ3) is 5.58. The molecule has 39 heavy (non-hydrogen) atoms. The maximum absolute atomic E-state index is 13.6. The first-order chi connectivity index (χ1) is 18.5. The minimum absolute atomic E-state index is 0.0400. The van der Waals surface area contributed by atoms with Crippen LogP contribution in [0.5, 0.6) is 0 Å². The van der Waals surface area contributed by atoms with Crippen molar-refractivity contribution in [2.75, 3.05) is 0 Å². The van der Waals surface area contributed by atoms with Crippen LogP contribution >= 0.6 is 0 Å². The van der Waals surface area contributed by atoms with E-state index in [1.807, 2.05) is 0 Å². The minimum atomic E-state index is -2.98. The summed E-state index contributed by atoms with van der Waals surface area (Å²) < 4.78 is 44.6. The average Bonchev–Trinajstić information content (AvgIpc) is 3.33. The first-order valence-corrected chi connectivity index (χ1v) is 13.3. The van der Waals surface area contributed by atoms with Crippen LogP contribution in [0.4, 0.5) is 8.78 Å². The molecule has 0 aliphatic carbocycles. The van der Waals surface area contributed by atoms with Gasteiger partial charge in [-0.25, -0.2) is 17.7 Å². The quantitative estimate of drug-likeness (QED) is 0.198. The minimum Gasteiger partial charge on any atom is -0.348 e. The van der Waals surface area contributed by atoms with Gasteiger partial charge in [0, 0.05) is 42.7 Å². The SMILES string of the molecule is C=S(=O)(NC#N)c1ccc(CNC(=O)c2cn(-c3ccnn3C)c(C)c(-c3cccc(C(F)F)c3)c2=O)cc1. The maximum Gasteiger partial charge on any atom is 0.263 e. The van der Waals surface area contributed by atoms with Gasteiger partial charge in [-0.15, -0.1) is 0 Å². The van der Waals surface area contributed by atoms with Gasteiger partial charge in [0.2, 0.25) is 5.43 Å². The predicted octanol–water partition coefficient (Wildman–Crippen LogP) is 3.48. The fourth-order valence-electron chi connectivity index (χ4n) is 4.11. The summed E-state index contributed by atoms with van der Waals surface area (Å²) in [6, 6.07) is 13.5. The van der Waals surface area contributed by atoms with Gasteiger partial charge >= 0.3 is 0 Å². The van der Waals surface area contributed by atoms with Crippen molar-refractivity contribution < 1.29 is 17.8 Å². The summed E-state index contributed by atoms with van der Waals surface area (Å²) in [4.78, 5) is 27.2. The van der Waals surface area contributed by atoms with Crippen LogP contribution in [0, 0.1) is 18.4 Å². The summed E-state index contributed by atoms with van der Waals surface area (Å²) in [5, 5.41) is 15.6. The summed E-state index contributed by atoms with van der Waals surface area (Å²) in [6.07, 6.45) is 1.85. The zero-order chi connectivity index (χ0) is 28.3. The second-order valence-electron chi connectivity index (χ2n) is 8.66. The van der Waals surface area contributed by atoms with Crippen molar-refractivity contribution in [3.63, 3.8) is 0 Å². The smallest absolute Gasteiger partial charge is 0.263 e. The first kappa shape index (κ1) is 27.3.